The van der Waals surface area contributed by atoms with Crippen LogP contribution in [0.5, 0.6) is 0 Å². The number of nitriles is 1. The molecule has 0 aliphatic heterocycles. The quantitative estimate of drug-likeness (QED) is 0.513. The average Bonchev–Trinajstić information content (AvgIpc) is 2.83. The number of carbonyl (C=O) groups is 2. The predicted octanol–water partition coefficient (Wildman–Crippen LogP) is 3.06. The van der Waals surface area contributed by atoms with Crippen LogP contribution >= 0.6 is 0 Å². The maximum atomic E-state index is 12.6. The molecule has 2 rings (SSSR count). The number of rotatable bonds is 12. The van der Waals surface area contributed by atoms with Crippen LogP contribution in [0, 0.1) is 11.3 Å². The minimum absolute atomic E-state index is 0.0170. The van der Waals surface area contributed by atoms with E-state index in [4.69, 9.17) is 5.26 Å². The number of hydrogen-bond donors (Lipinski definition) is 1. The van der Waals surface area contributed by atoms with Gasteiger partial charge in [-0.1, -0.05) is 44.2 Å². The Morgan fingerprint density at radius 2 is 1.61 bits per heavy atom. The van der Waals surface area contributed by atoms with Crippen molar-refractivity contribution < 1.29 is 18.0 Å². The van der Waals surface area contributed by atoms with E-state index in [9.17, 15) is 18.0 Å². The molecule has 8 nitrogen and oxygen atoms in total. The molecule has 2 aromatic rings. The fraction of sp³-hybridized carbons (Fsp3) is 0.375. The highest BCUT2D eigenvalue weighted by Gasteiger charge is 2.21. The SMILES string of the molecule is CCN(CC)S(=O)(=O)c1ccc(CNC(=O)CCC(=O)N(CCC#N)c2ccccc2)cc1. The number of sulfonamides is 1. The lowest BCUT2D eigenvalue weighted by Gasteiger charge is -2.21. The van der Waals surface area contributed by atoms with Crippen molar-refractivity contribution in [2.45, 2.75) is 44.6 Å². The molecule has 0 heterocycles. The first-order valence-electron chi connectivity index (χ1n) is 10.9. The number of nitrogens with zero attached hydrogens (tertiary/aromatic N) is 3. The standard InChI is InChI=1S/C24H30N4O4S/c1-3-27(4-2)33(31,32)22-13-11-20(12-14-22)19-26-23(29)15-16-24(30)28(18-8-17-25)21-9-6-5-7-10-21/h5-7,9-14H,3-4,8,15-16,18-19H2,1-2H3,(H,26,29). The molecule has 0 spiro atoms. The first-order chi connectivity index (χ1) is 15.8. The molecule has 0 atom stereocenters. The Kier molecular flexibility index (Phi) is 10.0. The molecule has 2 amide bonds. The van der Waals surface area contributed by atoms with Crippen LogP contribution in [0.3, 0.4) is 0 Å². The van der Waals surface area contributed by atoms with Crippen molar-refractivity contribution in [3.8, 4) is 6.07 Å². The molecule has 0 aliphatic rings. The maximum Gasteiger partial charge on any atom is 0.243 e. The minimum Gasteiger partial charge on any atom is -0.352 e. The Balaban J connectivity index is 1.89. The second kappa shape index (κ2) is 12.7. The van der Waals surface area contributed by atoms with Gasteiger partial charge in [-0.25, -0.2) is 8.42 Å². The van der Waals surface area contributed by atoms with E-state index in [0.717, 1.165) is 5.56 Å². The van der Waals surface area contributed by atoms with Gasteiger partial charge in [0.1, 0.15) is 0 Å². The van der Waals surface area contributed by atoms with E-state index in [1.807, 2.05) is 24.3 Å². The number of nitrogens with one attached hydrogen (secondary N) is 1. The number of hydrogen-bond acceptors (Lipinski definition) is 5. The Bertz CT molecular complexity index is 1060. The van der Waals surface area contributed by atoms with Gasteiger partial charge in [-0.2, -0.15) is 9.57 Å². The predicted molar refractivity (Wildman–Crippen MR) is 127 cm³/mol. The zero-order valence-corrected chi connectivity index (χ0v) is 19.8. The summed E-state index contributed by atoms with van der Waals surface area (Å²) in [6, 6.07) is 17.5. The maximum absolute atomic E-state index is 12.6. The van der Waals surface area contributed by atoms with Gasteiger partial charge in [-0.05, 0) is 29.8 Å². The van der Waals surface area contributed by atoms with E-state index >= 15 is 0 Å². The lowest BCUT2D eigenvalue weighted by molar-refractivity contribution is -0.125. The first kappa shape index (κ1) is 26.0. The Labute approximate surface area is 195 Å². The average molecular weight is 471 g/mol. The van der Waals surface area contributed by atoms with Gasteiger partial charge in [0.05, 0.1) is 17.4 Å². The molecule has 0 saturated carbocycles. The third-order valence-electron chi connectivity index (χ3n) is 5.14. The number of amides is 2. The summed E-state index contributed by atoms with van der Waals surface area (Å²) in [5.74, 6) is -0.506. The van der Waals surface area contributed by atoms with Crippen LogP contribution in [0.15, 0.2) is 59.5 Å². The lowest BCUT2D eigenvalue weighted by atomic mass is 10.2. The molecule has 0 unspecified atom stereocenters. The van der Waals surface area contributed by atoms with E-state index in [1.165, 1.54) is 21.3 Å². The van der Waals surface area contributed by atoms with Gasteiger partial charge in [0.2, 0.25) is 21.8 Å². The minimum atomic E-state index is -3.52. The van der Waals surface area contributed by atoms with E-state index < -0.39 is 10.0 Å². The van der Waals surface area contributed by atoms with Crippen molar-refractivity contribution in [1.29, 1.82) is 5.26 Å². The summed E-state index contributed by atoms with van der Waals surface area (Å²) in [7, 11) is -3.52. The topological polar surface area (TPSA) is 111 Å². The highest BCUT2D eigenvalue weighted by Crippen LogP contribution is 2.17. The van der Waals surface area contributed by atoms with E-state index in [0.29, 0.717) is 18.8 Å². The van der Waals surface area contributed by atoms with Crippen molar-refractivity contribution >= 4 is 27.5 Å². The van der Waals surface area contributed by atoms with Gasteiger partial charge in [-0.3, -0.25) is 9.59 Å². The van der Waals surface area contributed by atoms with E-state index in [2.05, 4.69) is 5.32 Å². The lowest BCUT2D eigenvalue weighted by Crippen LogP contribution is -2.33. The second-order valence-electron chi connectivity index (χ2n) is 7.30. The highest BCUT2D eigenvalue weighted by molar-refractivity contribution is 7.89. The molecule has 0 fully saturated rings. The molecule has 0 radical (unpaired) electrons. The molecular formula is C24H30N4O4S. The van der Waals surface area contributed by atoms with Crippen molar-refractivity contribution in [3.05, 3.63) is 60.2 Å². The molecule has 0 bridgehead atoms. The zero-order valence-electron chi connectivity index (χ0n) is 19.0. The normalized spacial score (nSPS) is 11.1. The van der Waals surface area contributed by atoms with Gasteiger partial charge < -0.3 is 10.2 Å². The number of carbonyl (C=O) groups excluding carboxylic acids is 2. The summed E-state index contributed by atoms with van der Waals surface area (Å²) in [5.41, 5.74) is 1.45. The third kappa shape index (κ3) is 7.41. The second-order valence-corrected chi connectivity index (χ2v) is 9.24. The molecule has 0 aromatic heterocycles. The van der Waals surface area contributed by atoms with E-state index in [1.54, 1.807) is 38.1 Å². The van der Waals surface area contributed by atoms with E-state index in [-0.39, 0.29) is 49.1 Å². The summed E-state index contributed by atoms with van der Waals surface area (Å²) < 4.78 is 26.5. The summed E-state index contributed by atoms with van der Waals surface area (Å²) in [6.07, 6.45) is 0.239. The largest absolute Gasteiger partial charge is 0.352 e. The molecule has 9 heteroatoms. The van der Waals surface area contributed by atoms with Crippen LogP contribution < -0.4 is 10.2 Å². The van der Waals surface area contributed by atoms with Crippen LogP contribution in [-0.2, 0) is 26.2 Å². The van der Waals surface area contributed by atoms with Crippen molar-refractivity contribution in [1.82, 2.24) is 9.62 Å². The summed E-state index contributed by atoms with van der Waals surface area (Å²) in [4.78, 5) is 26.6. The summed E-state index contributed by atoms with van der Waals surface area (Å²) in [6.45, 7) is 4.87. The summed E-state index contributed by atoms with van der Waals surface area (Å²) in [5, 5.41) is 11.6. The molecule has 0 saturated heterocycles. The zero-order chi connectivity index (χ0) is 24.3. The fourth-order valence-corrected chi connectivity index (χ4v) is 4.76. The Morgan fingerprint density at radius 3 is 2.18 bits per heavy atom. The van der Waals surface area contributed by atoms with Gasteiger partial charge in [-0.15, -0.1) is 0 Å². The van der Waals surface area contributed by atoms with Crippen LogP contribution in [-0.4, -0.2) is 44.2 Å². The Morgan fingerprint density at radius 1 is 0.970 bits per heavy atom. The van der Waals surface area contributed by atoms with Gasteiger partial charge in [0, 0.05) is 44.7 Å². The molecule has 33 heavy (non-hydrogen) atoms. The molecule has 0 aliphatic carbocycles. The first-order valence-corrected chi connectivity index (χ1v) is 12.4. The third-order valence-corrected chi connectivity index (χ3v) is 7.20. The number of anilines is 1. The smallest absolute Gasteiger partial charge is 0.243 e. The summed E-state index contributed by atoms with van der Waals surface area (Å²) >= 11 is 0. The number of para-hydroxylation sites is 1. The van der Waals surface area contributed by atoms with Crippen LogP contribution in [0.25, 0.3) is 0 Å². The van der Waals surface area contributed by atoms with Crippen LogP contribution in [0.1, 0.15) is 38.7 Å². The Hall–Kier alpha value is -3.22. The van der Waals surface area contributed by atoms with Crippen molar-refractivity contribution in [2.24, 2.45) is 0 Å². The van der Waals surface area contributed by atoms with Gasteiger partial charge >= 0.3 is 0 Å². The monoisotopic (exact) mass is 470 g/mol. The fourth-order valence-electron chi connectivity index (χ4n) is 3.30. The van der Waals surface area contributed by atoms with Crippen LogP contribution in [0.2, 0.25) is 0 Å². The van der Waals surface area contributed by atoms with Crippen molar-refractivity contribution in [3.63, 3.8) is 0 Å². The molecular weight excluding hydrogens is 440 g/mol. The van der Waals surface area contributed by atoms with Gasteiger partial charge in [0.25, 0.3) is 0 Å². The molecule has 176 valence electrons. The molecule has 2 aromatic carbocycles. The van der Waals surface area contributed by atoms with Crippen molar-refractivity contribution in [2.75, 3.05) is 24.5 Å². The molecule has 1 N–H and O–H groups in total. The van der Waals surface area contributed by atoms with Gasteiger partial charge in [0.15, 0.2) is 0 Å². The highest BCUT2D eigenvalue weighted by atomic mass is 32.2. The van der Waals surface area contributed by atoms with Crippen LogP contribution in [0.4, 0.5) is 5.69 Å². The number of benzene rings is 2.